The van der Waals surface area contributed by atoms with Gasteiger partial charge in [0.15, 0.2) is 5.82 Å². The second-order valence-electron chi connectivity index (χ2n) is 11.7. The van der Waals surface area contributed by atoms with Gasteiger partial charge in [-0.2, -0.15) is 10.4 Å². The fourth-order valence-corrected chi connectivity index (χ4v) is 7.07. The first kappa shape index (κ1) is 28.6. The van der Waals surface area contributed by atoms with E-state index in [1.807, 2.05) is 43.3 Å². The maximum atomic E-state index is 13.2. The first-order valence-electron chi connectivity index (χ1n) is 14.8. The van der Waals surface area contributed by atoms with E-state index < -0.39 is 5.41 Å². The third-order valence-electron chi connectivity index (χ3n) is 9.25. The summed E-state index contributed by atoms with van der Waals surface area (Å²) in [6.45, 7) is 2.46. The molecule has 222 valence electrons. The number of aromatic amines is 1. The van der Waals surface area contributed by atoms with E-state index in [0.29, 0.717) is 54.5 Å². The zero-order chi connectivity index (χ0) is 30.3. The first-order valence-corrected chi connectivity index (χ1v) is 14.8. The number of hydrogen-bond donors (Lipinski definition) is 4. The number of nitrogens with zero attached hydrogens (tertiary/aromatic N) is 4. The maximum Gasteiger partial charge on any atom is 0.251 e. The molecule has 6 rings (SSSR count). The van der Waals surface area contributed by atoms with Gasteiger partial charge in [0.25, 0.3) is 11.8 Å². The van der Waals surface area contributed by atoms with E-state index in [-0.39, 0.29) is 36.3 Å². The van der Waals surface area contributed by atoms with E-state index in [2.05, 4.69) is 32.2 Å². The Kier molecular flexibility index (Phi) is 7.48. The summed E-state index contributed by atoms with van der Waals surface area (Å²) in [4.78, 5) is 45.0. The monoisotopic (exact) mass is 580 g/mol. The molecule has 0 spiro atoms. The second-order valence-corrected chi connectivity index (χ2v) is 11.7. The van der Waals surface area contributed by atoms with Crippen LogP contribution in [0.3, 0.4) is 0 Å². The lowest BCUT2D eigenvalue weighted by Gasteiger charge is -2.35. The van der Waals surface area contributed by atoms with Crippen molar-refractivity contribution in [2.75, 3.05) is 27.2 Å². The second kappa shape index (κ2) is 11.3. The molecule has 1 saturated heterocycles. The smallest absolute Gasteiger partial charge is 0.251 e. The van der Waals surface area contributed by atoms with Gasteiger partial charge in [-0.25, -0.2) is 4.98 Å². The van der Waals surface area contributed by atoms with Crippen LogP contribution in [-0.2, 0) is 23.1 Å². The van der Waals surface area contributed by atoms with E-state index >= 15 is 0 Å². The van der Waals surface area contributed by atoms with Gasteiger partial charge in [-0.1, -0.05) is 12.1 Å². The number of H-pyrrole nitrogens is 1. The summed E-state index contributed by atoms with van der Waals surface area (Å²) in [6.07, 6.45) is 3.59. The van der Waals surface area contributed by atoms with Crippen molar-refractivity contribution < 1.29 is 14.4 Å². The van der Waals surface area contributed by atoms with Crippen LogP contribution in [0.4, 0.5) is 0 Å². The zero-order valence-corrected chi connectivity index (χ0v) is 24.7. The lowest BCUT2D eigenvalue weighted by molar-refractivity contribution is -0.131. The van der Waals surface area contributed by atoms with Crippen molar-refractivity contribution in [3.05, 3.63) is 81.4 Å². The van der Waals surface area contributed by atoms with Crippen LogP contribution in [0.25, 0.3) is 0 Å². The molecule has 0 bridgehead atoms. The van der Waals surface area contributed by atoms with Gasteiger partial charge >= 0.3 is 0 Å². The van der Waals surface area contributed by atoms with Gasteiger partial charge in [-0.05, 0) is 98.0 Å². The SMILES string of the molecule is CNC(=O)c1ccc2c(c1)CCc1cc(C(=O)NC)ccc1C2(CCNCC(=O)N1C(C#N)C[C@@H]2C[C@@H]21)c1n[nH]c(C)n1. The molecule has 4 N–H and O–H groups in total. The Hall–Kier alpha value is -4.56. The summed E-state index contributed by atoms with van der Waals surface area (Å²) in [5, 5.41) is 26.0. The van der Waals surface area contributed by atoms with E-state index in [4.69, 9.17) is 4.98 Å². The van der Waals surface area contributed by atoms with Gasteiger partial charge in [-0.15, -0.1) is 0 Å². The van der Waals surface area contributed by atoms with Gasteiger partial charge in [-0.3, -0.25) is 19.5 Å². The number of aromatic nitrogens is 3. The Morgan fingerprint density at radius 1 is 1.02 bits per heavy atom. The van der Waals surface area contributed by atoms with Crippen LogP contribution in [0.2, 0.25) is 0 Å². The predicted octanol–water partition coefficient (Wildman–Crippen LogP) is 1.76. The summed E-state index contributed by atoms with van der Waals surface area (Å²) in [5.41, 5.74) is 4.30. The number of aryl methyl sites for hydroxylation is 3. The van der Waals surface area contributed by atoms with E-state index in [0.717, 1.165) is 35.1 Å². The first-order chi connectivity index (χ1) is 20.8. The number of hydrogen-bond acceptors (Lipinski definition) is 7. The van der Waals surface area contributed by atoms with Crippen LogP contribution in [0.15, 0.2) is 36.4 Å². The third kappa shape index (κ3) is 4.95. The van der Waals surface area contributed by atoms with Crippen molar-refractivity contribution >= 4 is 17.7 Å². The van der Waals surface area contributed by atoms with E-state index in [1.54, 1.807) is 19.0 Å². The van der Waals surface area contributed by atoms with Crippen LogP contribution in [0, 0.1) is 24.2 Å². The van der Waals surface area contributed by atoms with Crippen LogP contribution >= 0.6 is 0 Å². The minimum atomic E-state index is -0.825. The average molecular weight is 581 g/mol. The van der Waals surface area contributed by atoms with Crippen molar-refractivity contribution in [3.8, 4) is 6.07 Å². The Balaban J connectivity index is 1.40. The molecule has 3 atom stereocenters. The largest absolute Gasteiger partial charge is 0.355 e. The molecule has 2 heterocycles. The molecule has 2 aliphatic carbocycles. The normalized spacial score (nSPS) is 21.1. The average Bonchev–Trinajstić information content (AvgIpc) is 3.52. The molecule has 1 unspecified atom stereocenters. The number of nitriles is 1. The molecule has 43 heavy (non-hydrogen) atoms. The quantitative estimate of drug-likeness (QED) is 0.296. The highest BCUT2D eigenvalue weighted by atomic mass is 16.2. The van der Waals surface area contributed by atoms with Gasteiger partial charge in [0, 0.05) is 31.3 Å². The molecule has 3 amide bonds. The fourth-order valence-electron chi connectivity index (χ4n) is 7.07. The van der Waals surface area contributed by atoms with Gasteiger partial charge in [0.05, 0.1) is 18.0 Å². The summed E-state index contributed by atoms with van der Waals surface area (Å²) < 4.78 is 0. The number of fused-ring (bicyclic) bond motifs is 3. The molecular weight excluding hydrogens is 544 g/mol. The summed E-state index contributed by atoms with van der Waals surface area (Å²) in [5.74, 6) is 1.34. The Labute approximate surface area is 250 Å². The van der Waals surface area contributed by atoms with Crippen molar-refractivity contribution in [1.82, 2.24) is 36.0 Å². The minimum Gasteiger partial charge on any atom is -0.355 e. The molecule has 11 nitrogen and oxygen atoms in total. The molecule has 1 aliphatic heterocycles. The number of piperidine rings is 1. The predicted molar refractivity (Wildman–Crippen MR) is 158 cm³/mol. The number of nitrogens with one attached hydrogen (secondary N) is 4. The highest BCUT2D eigenvalue weighted by molar-refractivity contribution is 5.95. The summed E-state index contributed by atoms with van der Waals surface area (Å²) in [7, 11) is 3.23. The van der Waals surface area contributed by atoms with Crippen LogP contribution in [-0.4, -0.2) is 77.1 Å². The van der Waals surface area contributed by atoms with Crippen molar-refractivity contribution in [2.45, 2.75) is 56.5 Å². The molecular formula is C32H36N8O3. The summed E-state index contributed by atoms with van der Waals surface area (Å²) in [6, 6.07) is 13.7. The molecule has 3 aliphatic rings. The van der Waals surface area contributed by atoms with Gasteiger partial charge in [0.1, 0.15) is 11.9 Å². The molecule has 1 saturated carbocycles. The Bertz CT molecular complexity index is 1570. The van der Waals surface area contributed by atoms with Crippen molar-refractivity contribution in [3.63, 3.8) is 0 Å². The number of benzene rings is 2. The molecule has 2 aromatic carbocycles. The lowest BCUT2D eigenvalue weighted by atomic mass is 9.69. The van der Waals surface area contributed by atoms with Gasteiger partial charge < -0.3 is 20.9 Å². The Morgan fingerprint density at radius 3 is 2.19 bits per heavy atom. The lowest BCUT2D eigenvalue weighted by Crippen LogP contribution is -2.44. The number of rotatable bonds is 8. The third-order valence-corrected chi connectivity index (χ3v) is 9.25. The number of likely N-dealkylation sites (tertiary alicyclic amines) is 1. The highest BCUT2D eigenvalue weighted by Gasteiger charge is 2.54. The van der Waals surface area contributed by atoms with Crippen LogP contribution < -0.4 is 16.0 Å². The molecule has 3 aromatic rings. The fraction of sp³-hybridized carbons (Fsp3) is 0.438. The van der Waals surface area contributed by atoms with Crippen LogP contribution in [0.1, 0.15) is 73.9 Å². The molecule has 2 fully saturated rings. The summed E-state index contributed by atoms with van der Waals surface area (Å²) >= 11 is 0. The number of amides is 3. The molecule has 0 radical (unpaired) electrons. The minimum absolute atomic E-state index is 0.0496. The van der Waals surface area contributed by atoms with Gasteiger partial charge in [0.2, 0.25) is 5.91 Å². The molecule has 11 heteroatoms. The maximum absolute atomic E-state index is 13.2. The Morgan fingerprint density at radius 2 is 1.65 bits per heavy atom. The standard InChI is InChI=1S/C32H36N8O3/c1-18-37-31(39-38-18)32(10-11-36-17-28(41)40-24(16-33)14-23-15-27(23)40)25-8-6-21(29(42)34-2)12-19(25)4-5-20-13-22(30(43)35-3)7-9-26(20)32/h6-9,12-13,23-24,27,36H,4-5,10-11,14-15,17H2,1-3H3,(H,34,42)(H,35,43)(H,37,38,39)/t23-,24?,27+/m1/s1. The van der Waals surface area contributed by atoms with Crippen LogP contribution in [0.5, 0.6) is 0 Å². The molecule has 1 aromatic heterocycles. The topological polar surface area (TPSA) is 156 Å². The van der Waals surface area contributed by atoms with Crippen molar-refractivity contribution in [1.29, 1.82) is 5.26 Å². The van der Waals surface area contributed by atoms with E-state index in [1.165, 1.54) is 0 Å². The number of carbonyl (C=O) groups excluding carboxylic acids is 3. The van der Waals surface area contributed by atoms with E-state index in [9.17, 15) is 19.6 Å². The number of carbonyl (C=O) groups is 3. The zero-order valence-electron chi connectivity index (χ0n) is 24.7. The van der Waals surface area contributed by atoms with Crippen molar-refractivity contribution in [2.24, 2.45) is 5.92 Å². The highest BCUT2D eigenvalue weighted by Crippen LogP contribution is 2.48.